The highest BCUT2D eigenvalue weighted by Gasteiger charge is 2.18. The second-order valence-corrected chi connectivity index (χ2v) is 6.51. The molecule has 0 saturated carbocycles. The summed E-state index contributed by atoms with van der Waals surface area (Å²) in [6, 6.07) is 4.12. The van der Waals surface area contributed by atoms with Crippen LogP contribution in [0, 0.1) is 0 Å². The van der Waals surface area contributed by atoms with Crippen molar-refractivity contribution >= 4 is 27.4 Å². The first-order valence-corrected chi connectivity index (χ1v) is 7.83. The third-order valence-electron chi connectivity index (χ3n) is 2.62. The van der Waals surface area contributed by atoms with Gasteiger partial charge in [-0.2, -0.15) is 0 Å². The van der Waals surface area contributed by atoms with Gasteiger partial charge in [-0.05, 0) is 19.1 Å². The Balaban J connectivity index is 2.99. The zero-order valence-corrected chi connectivity index (χ0v) is 12.5. The van der Waals surface area contributed by atoms with Gasteiger partial charge in [-0.3, -0.25) is 4.79 Å². The molecule has 1 atom stereocenters. The minimum absolute atomic E-state index is 0.157. The molecule has 7 heteroatoms. The van der Waals surface area contributed by atoms with Gasteiger partial charge in [0, 0.05) is 23.4 Å². The molecule has 106 valence electrons. The maximum Gasteiger partial charge on any atom is 0.322 e. The summed E-state index contributed by atoms with van der Waals surface area (Å²) in [5.41, 5.74) is 0.447. The topological polar surface area (TPSA) is 72.5 Å². The van der Waals surface area contributed by atoms with Crippen LogP contribution in [0.2, 0.25) is 5.02 Å². The monoisotopic (exact) mass is 305 g/mol. The Bertz CT molecular complexity index is 571. The van der Waals surface area contributed by atoms with Crippen LogP contribution in [0.4, 0.5) is 0 Å². The third kappa shape index (κ3) is 4.19. The molecule has 0 radical (unpaired) electrons. The molecule has 0 amide bonds. The zero-order valence-electron chi connectivity index (χ0n) is 10.9. The number of hydrogen-bond donors (Lipinski definition) is 1. The van der Waals surface area contributed by atoms with E-state index in [1.165, 1.54) is 13.2 Å². The van der Waals surface area contributed by atoms with Gasteiger partial charge >= 0.3 is 5.97 Å². The quantitative estimate of drug-likeness (QED) is 0.832. The number of nitrogens with one attached hydrogen (secondary N) is 1. The Labute approximate surface area is 117 Å². The SMILES string of the molecule is COC(=O)[C@H](C)NCc1c(Cl)cccc1S(C)(=O)=O. The molecule has 0 aliphatic heterocycles. The lowest BCUT2D eigenvalue weighted by Crippen LogP contribution is -2.34. The van der Waals surface area contributed by atoms with Crippen LogP contribution in [0.25, 0.3) is 0 Å². The van der Waals surface area contributed by atoms with E-state index in [1.807, 2.05) is 0 Å². The number of benzene rings is 1. The van der Waals surface area contributed by atoms with Gasteiger partial charge in [-0.15, -0.1) is 0 Å². The van der Waals surface area contributed by atoms with E-state index in [1.54, 1.807) is 19.1 Å². The van der Waals surface area contributed by atoms with Gasteiger partial charge in [0.05, 0.1) is 12.0 Å². The first-order chi connectivity index (χ1) is 8.77. The molecule has 0 fully saturated rings. The first kappa shape index (κ1) is 15.9. The third-order valence-corrected chi connectivity index (χ3v) is 4.15. The fourth-order valence-electron chi connectivity index (χ4n) is 1.57. The highest BCUT2D eigenvalue weighted by Crippen LogP contribution is 2.23. The van der Waals surface area contributed by atoms with E-state index in [0.717, 1.165) is 6.26 Å². The predicted molar refractivity (Wildman–Crippen MR) is 72.9 cm³/mol. The lowest BCUT2D eigenvalue weighted by atomic mass is 10.2. The molecular weight excluding hydrogens is 290 g/mol. The second kappa shape index (κ2) is 6.36. The summed E-state index contributed by atoms with van der Waals surface area (Å²) < 4.78 is 27.9. The first-order valence-electron chi connectivity index (χ1n) is 5.56. The largest absolute Gasteiger partial charge is 0.468 e. The van der Waals surface area contributed by atoms with E-state index in [4.69, 9.17) is 11.6 Å². The van der Waals surface area contributed by atoms with Gasteiger partial charge in [0.1, 0.15) is 6.04 Å². The number of halogens is 1. The van der Waals surface area contributed by atoms with Crippen molar-refractivity contribution in [3.8, 4) is 0 Å². The molecule has 0 bridgehead atoms. The number of sulfone groups is 1. The van der Waals surface area contributed by atoms with Crippen molar-refractivity contribution in [2.45, 2.75) is 24.4 Å². The molecule has 0 heterocycles. The van der Waals surface area contributed by atoms with Crippen molar-refractivity contribution in [1.29, 1.82) is 0 Å². The number of carbonyl (C=O) groups is 1. The average Bonchev–Trinajstić information content (AvgIpc) is 2.34. The summed E-state index contributed by atoms with van der Waals surface area (Å²) in [6.45, 7) is 1.79. The zero-order chi connectivity index (χ0) is 14.6. The molecule has 0 aromatic heterocycles. The average molecular weight is 306 g/mol. The lowest BCUT2D eigenvalue weighted by Gasteiger charge is -2.14. The summed E-state index contributed by atoms with van der Waals surface area (Å²) >= 11 is 6.01. The number of methoxy groups -OCH3 is 1. The Hall–Kier alpha value is -1.11. The number of carbonyl (C=O) groups excluding carboxylic acids is 1. The number of rotatable bonds is 5. The predicted octanol–water partition coefficient (Wildman–Crippen LogP) is 1.39. The molecule has 0 unspecified atom stereocenters. The molecule has 0 aliphatic rings. The second-order valence-electron chi connectivity index (χ2n) is 4.11. The highest BCUT2D eigenvalue weighted by atomic mass is 35.5. The molecule has 1 aromatic carbocycles. The van der Waals surface area contributed by atoms with E-state index >= 15 is 0 Å². The van der Waals surface area contributed by atoms with E-state index < -0.39 is 21.8 Å². The molecule has 19 heavy (non-hydrogen) atoms. The summed E-state index contributed by atoms with van der Waals surface area (Å²) in [6.07, 6.45) is 1.12. The molecule has 1 rings (SSSR count). The number of hydrogen-bond acceptors (Lipinski definition) is 5. The van der Waals surface area contributed by atoms with Crippen LogP contribution < -0.4 is 5.32 Å². The van der Waals surface area contributed by atoms with Crippen molar-refractivity contribution < 1.29 is 17.9 Å². The van der Waals surface area contributed by atoms with Crippen molar-refractivity contribution in [2.24, 2.45) is 0 Å². The molecule has 0 aliphatic carbocycles. The van der Waals surface area contributed by atoms with Crippen LogP contribution in [0.15, 0.2) is 23.1 Å². The minimum atomic E-state index is -3.37. The highest BCUT2D eigenvalue weighted by molar-refractivity contribution is 7.90. The van der Waals surface area contributed by atoms with Gasteiger partial charge < -0.3 is 10.1 Å². The van der Waals surface area contributed by atoms with Gasteiger partial charge in [0.2, 0.25) is 0 Å². The van der Waals surface area contributed by atoms with Crippen LogP contribution in [-0.4, -0.2) is 33.8 Å². The van der Waals surface area contributed by atoms with Crippen LogP contribution in [0.3, 0.4) is 0 Å². The van der Waals surface area contributed by atoms with E-state index in [9.17, 15) is 13.2 Å². The van der Waals surface area contributed by atoms with Gasteiger partial charge in [-0.25, -0.2) is 8.42 Å². The molecule has 0 saturated heterocycles. The van der Waals surface area contributed by atoms with Gasteiger partial charge in [0.25, 0.3) is 0 Å². The van der Waals surface area contributed by atoms with Gasteiger partial charge in [-0.1, -0.05) is 17.7 Å². The summed E-state index contributed by atoms with van der Waals surface area (Å²) in [7, 11) is -2.08. The fraction of sp³-hybridized carbons (Fsp3) is 0.417. The van der Waals surface area contributed by atoms with Crippen molar-refractivity contribution in [2.75, 3.05) is 13.4 Å². The number of ether oxygens (including phenoxy) is 1. The van der Waals surface area contributed by atoms with Crippen molar-refractivity contribution in [3.63, 3.8) is 0 Å². The smallest absolute Gasteiger partial charge is 0.322 e. The summed E-state index contributed by atoms with van der Waals surface area (Å²) in [5, 5.41) is 3.22. The molecule has 0 spiro atoms. The minimum Gasteiger partial charge on any atom is -0.468 e. The molecule has 1 N–H and O–H groups in total. The van der Waals surface area contributed by atoms with Crippen molar-refractivity contribution in [3.05, 3.63) is 28.8 Å². The Kier molecular flexibility index (Phi) is 5.34. The van der Waals surface area contributed by atoms with E-state index in [0.29, 0.717) is 10.6 Å². The normalized spacial score (nSPS) is 13.1. The standard InChI is InChI=1S/C12H16ClNO4S/c1-8(12(15)18-2)14-7-9-10(13)5-4-6-11(9)19(3,16)17/h4-6,8,14H,7H2,1-3H3/t8-/m0/s1. The molecular formula is C12H16ClNO4S. The maximum atomic E-state index is 11.7. The maximum absolute atomic E-state index is 11.7. The van der Waals surface area contributed by atoms with Crippen LogP contribution in [-0.2, 0) is 25.9 Å². The van der Waals surface area contributed by atoms with Crippen LogP contribution in [0.1, 0.15) is 12.5 Å². The Morgan fingerprint density at radius 1 is 1.47 bits per heavy atom. The fourth-order valence-corrected chi connectivity index (χ4v) is 2.83. The van der Waals surface area contributed by atoms with Crippen molar-refractivity contribution in [1.82, 2.24) is 5.32 Å². The number of esters is 1. The summed E-state index contributed by atoms with van der Waals surface area (Å²) in [5.74, 6) is -0.423. The summed E-state index contributed by atoms with van der Waals surface area (Å²) in [4.78, 5) is 11.4. The van der Waals surface area contributed by atoms with Crippen LogP contribution in [0.5, 0.6) is 0 Å². The van der Waals surface area contributed by atoms with Gasteiger partial charge in [0.15, 0.2) is 9.84 Å². The van der Waals surface area contributed by atoms with E-state index in [2.05, 4.69) is 10.1 Å². The lowest BCUT2D eigenvalue weighted by molar-refractivity contribution is -0.142. The Morgan fingerprint density at radius 3 is 2.63 bits per heavy atom. The Morgan fingerprint density at radius 2 is 2.11 bits per heavy atom. The molecule has 1 aromatic rings. The molecule has 5 nitrogen and oxygen atoms in total. The van der Waals surface area contributed by atoms with E-state index in [-0.39, 0.29) is 11.4 Å². The van der Waals surface area contributed by atoms with Crippen LogP contribution >= 0.6 is 11.6 Å².